The number of phosphoric ester groups is 1. The molecule has 0 radical (unpaired) electrons. The minimum absolute atomic E-state index is 0.0331. The van der Waals surface area contributed by atoms with E-state index in [1.54, 1.807) is 0 Å². The van der Waals surface area contributed by atoms with Crippen molar-refractivity contribution in [3.05, 3.63) is 85.1 Å². The lowest BCUT2D eigenvalue weighted by molar-refractivity contribution is -0.870. The van der Waals surface area contributed by atoms with Crippen LogP contribution >= 0.6 is 7.82 Å². The van der Waals surface area contributed by atoms with Crippen molar-refractivity contribution < 1.29 is 42.1 Å². The number of likely N-dealkylation sites (N-methyl/N-ethyl adjacent to an activating group) is 1. The molecule has 0 aromatic carbocycles. The van der Waals surface area contributed by atoms with E-state index in [0.29, 0.717) is 23.9 Å². The Morgan fingerprint density at radius 2 is 0.600 bits per heavy atom. The smallest absolute Gasteiger partial charge is 0.462 e. The van der Waals surface area contributed by atoms with Crippen molar-refractivity contribution in [1.82, 2.24) is 0 Å². The fourth-order valence-corrected chi connectivity index (χ4v) is 12.7. The molecule has 1 N–H and O–H groups in total. The summed E-state index contributed by atoms with van der Waals surface area (Å²) in [4.78, 5) is 36.0. The van der Waals surface area contributed by atoms with Gasteiger partial charge in [-0.25, -0.2) is 4.57 Å². The van der Waals surface area contributed by atoms with Gasteiger partial charge in [0.25, 0.3) is 0 Å². The quantitative estimate of drug-likeness (QED) is 0.0211. The molecule has 10 heteroatoms. The average Bonchev–Trinajstić information content (AvgIpc) is 1.81. The van der Waals surface area contributed by atoms with E-state index in [1.165, 1.54) is 283 Å². The second kappa shape index (κ2) is 75.4. The predicted molar refractivity (Wildman–Crippen MR) is 413 cm³/mol. The van der Waals surface area contributed by atoms with Crippen LogP contribution < -0.4 is 0 Å². The maximum absolute atomic E-state index is 12.9. The van der Waals surface area contributed by atoms with Crippen LogP contribution in [0.2, 0.25) is 0 Å². The average molecular weight is 1350 g/mol. The maximum Gasteiger partial charge on any atom is 0.472 e. The normalized spacial score (nSPS) is 13.5. The van der Waals surface area contributed by atoms with Crippen LogP contribution in [0.15, 0.2) is 85.1 Å². The van der Waals surface area contributed by atoms with Crippen molar-refractivity contribution in [2.24, 2.45) is 0 Å². The maximum atomic E-state index is 12.9. The van der Waals surface area contributed by atoms with Crippen LogP contribution in [0.5, 0.6) is 0 Å². The zero-order valence-corrected chi connectivity index (χ0v) is 64.3. The van der Waals surface area contributed by atoms with Crippen LogP contribution in [0, 0.1) is 0 Å². The van der Waals surface area contributed by atoms with Crippen LogP contribution in [0.4, 0.5) is 0 Å². The molecule has 2 unspecified atom stereocenters. The monoisotopic (exact) mass is 1350 g/mol. The van der Waals surface area contributed by atoms with Gasteiger partial charge in [-0.3, -0.25) is 18.6 Å². The molecule has 0 rings (SSSR count). The molecule has 95 heavy (non-hydrogen) atoms. The first-order valence-corrected chi connectivity index (χ1v) is 42.3. The van der Waals surface area contributed by atoms with E-state index >= 15 is 0 Å². The lowest BCUT2D eigenvalue weighted by Crippen LogP contribution is -2.37. The highest BCUT2D eigenvalue weighted by atomic mass is 31.2. The number of allylic oxidation sites excluding steroid dienone is 14. The van der Waals surface area contributed by atoms with Gasteiger partial charge in [-0.05, 0) is 70.6 Å². The molecule has 0 fully saturated rings. The number of carbonyl (C=O) groups is 2. The highest BCUT2D eigenvalue weighted by Crippen LogP contribution is 2.43. The number of phosphoric acid groups is 1. The minimum atomic E-state index is -4.40. The number of rotatable bonds is 76. The van der Waals surface area contributed by atoms with E-state index in [-0.39, 0.29) is 25.6 Å². The molecule has 0 aliphatic rings. The Hall–Kier alpha value is -2.81. The van der Waals surface area contributed by atoms with E-state index in [2.05, 4.69) is 98.9 Å². The molecule has 0 saturated carbocycles. The Balaban J connectivity index is 3.92. The largest absolute Gasteiger partial charge is 0.472 e. The van der Waals surface area contributed by atoms with E-state index in [9.17, 15) is 19.0 Å². The van der Waals surface area contributed by atoms with Gasteiger partial charge in [-0.2, -0.15) is 0 Å². The molecule has 2 atom stereocenters. The van der Waals surface area contributed by atoms with Gasteiger partial charge in [-0.15, -0.1) is 0 Å². The number of hydrogen-bond donors (Lipinski definition) is 1. The molecule has 554 valence electrons. The van der Waals surface area contributed by atoms with Gasteiger partial charge in [-0.1, -0.05) is 394 Å². The Kier molecular flexibility index (Phi) is 73.2. The summed E-state index contributed by atoms with van der Waals surface area (Å²) in [6.45, 7) is 4.39. The van der Waals surface area contributed by atoms with Gasteiger partial charge in [0.1, 0.15) is 19.8 Å². The van der Waals surface area contributed by atoms with E-state index < -0.39 is 26.5 Å². The summed E-state index contributed by atoms with van der Waals surface area (Å²) in [5.41, 5.74) is 0. The summed E-state index contributed by atoms with van der Waals surface area (Å²) >= 11 is 0. The number of quaternary nitrogens is 1. The number of carbonyl (C=O) groups excluding carboxylic acids is 2. The molecule has 0 aromatic rings. The van der Waals surface area contributed by atoms with E-state index in [1.807, 2.05) is 21.1 Å². The first-order chi connectivity index (χ1) is 46.5. The van der Waals surface area contributed by atoms with E-state index in [4.69, 9.17) is 18.5 Å². The molecule has 0 saturated heterocycles. The van der Waals surface area contributed by atoms with Crippen LogP contribution in [0.1, 0.15) is 393 Å². The molecule has 0 heterocycles. The first kappa shape index (κ1) is 92.2. The van der Waals surface area contributed by atoms with Crippen molar-refractivity contribution in [2.45, 2.75) is 399 Å². The minimum Gasteiger partial charge on any atom is -0.462 e. The lowest BCUT2D eigenvalue weighted by atomic mass is 10.0. The van der Waals surface area contributed by atoms with Crippen LogP contribution in [-0.4, -0.2) is 74.9 Å². The van der Waals surface area contributed by atoms with Crippen molar-refractivity contribution in [2.75, 3.05) is 47.5 Å². The molecule has 0 bridgehead atoms. The molecule has 0 spiro atoms. The third-order valence-corrected chi connectivity index (χ3v) is 19.2. The number of hydrogen-bond acceptors (Lipinski definition) is 7. The summed E-state index contributed by atoms with van der Waals surface area (Å²) in [5.74, 6) is -0.776. The van der Waals surface area contributed by atoms with Crippen molar-refractivity contribution in [3.63, 3.8) is 0 Å². The Labute approximate surface area is 590 Å². The van der Waals surface area contributed by atoms with E-state index in [0.717, 1.165) is 77.0 Å². The zero-order chi connectivity index (χ0) is 69.0. The van der Waals surface area contributed by atoms with Crippen molar-refractivity contribution in [1.29, 1.82) is 0 Å². The highest BCUT2D eigenvalue weighted by molar-refractivity contribution is 7.47. The summed E-state index contributed by atoms with van der Waals surface area (Å²) in [6.07, 6.45) is 105. The molecule has 0 amide bonds. The predicted octanol–water partition coefficient (Wildman–Crippen LogP) is 27.2. The first-order valence-electron chi connectivity index (χ1n) is 40.8. The standard InChI is InChI=1S/C85H156NO8P/c1-6-8-10-12-14-16-18-20-22-24-26-28-30-32-34-36-38-39-40-41-42-43-44-45-46-47-48-50-52-54-56-58-60-62-64-66-68-70-72-74-76-78-85(88)94-83(82-93-95(89,90)92-80-79-86(3,4)5)81-91-84(87)77-75-73-71-69-67-65-63-61-59-57-55-53-51-49-37-35-33-31-29-27-25-23-21-19-17-15-13-11-9-7-2/h8,10,14,16,20,22,26,28,32,34,38-39,41-42,83H,6-7,9,11-13,15,17-19,21,23-25,27,29-31,33,35-37,40,43-82H2,1-5H3/p+1/b10-8-,16-14-,22-20-,28-26-,34-32-,39-38-,42-41-. The fourth-order valence-electron chi connectivity index (χ4n) is 12.0. The molecule has 0 aliphatic carbocycles. The lowest BCUT2D eigenvalue weighted by Gasteiger charge is -2.24. The number of unbranched alkanes of at least 4 members (excludes halogenated alkanes) is 48. The van der Waals surface area contributed by atoms with Crippen LogP contribution in [-0.2, 0) is 32.7 Å². The number of nitrogens with zero attached hydrogens (tertiary/aromatic N) is 1. The third kappa shape index (κ3) is 80.1. The van der Waals surface area contributed by atoms with Gasteiger partial charge in [0, 0.05) is 12.8 Å². The molecular formula is C85H157NO8P+. The van der Waals surface area contributed by atoms with Gasteiger partial charge in [0.05, 0.1) is 27.7 Å². The fraction of sp³-hybridized carbons (Fsp3) is 0.812. The van der Waals surface area contributed by atoms with Gasteiger partial charge >= 0.3 is 19.8 Å². The summed E-state index contributed by atoms with van der Waals surface area (Å²) in [5, 5.41) is 0. The van der Waals surface area contributed by atoms with Crippen molar-refractivity contribution >= 4 is 19.8 Å². The Bertz CT molecular complexity index is 1880. The molecule has 0 aromatic heterocycles. The van der Waals surface area contributed by atoms with Gasteiger partial charge in [0.15, 0.2) is 6.10 Å². The number of ether oxygens (including phenoxy) is 2. The Morgan fingerprint density at radius 1 is 0.337 bits per heavy atom. The summed E-state index contributed by atoms with van der Waals surface area (Å²) in [6, 6.07) is 0. The van der Waals surface area contributed by atoms with Crippen molar-refractivity contribution in [3.8, 4) is 0 Å². The van der Waals surface area contributed by atoms with Gasteiger partial charge < -0.3 is 18.9 Å². The highest BCUT2D eigenvalue weighted by Gasteiger charge is 2.27. The molecule has 0 aliphatic heterocycles. The molecular weight excluding hydrogens is 1190 g/mol. The van der Waals surface area contributed by atoms with Crippen LogP contribution in [0.25, 0.3) is 0 Å². The molecule has 9 nitrogen and oxygen atoms in total. The van der Waals surface area contributed by atoms with Gasteiger partial charge in [0.2, 0.25) is 0 Å². The number of esters is 2. The third-order valence-electron chi connectivity index (χ3n) is 18.2. The second-order valence-corrected chi connectivity index (χ2v) is 30.2. The zero-order valence-electron chi connectivity index (χ0n) is 63.4. The SMILES string of the molecule is CC/C=C\C/C=C\C/C=C\C/C=C\C/C=C\C/C=C\C/C=C\CCCCCCCCCCCCCCCCCCCCCC(=O)OC(COC(=O)CCCCCCCCCCCCCCCCCCCCCCCCCCCCCCCC)COP(=O)(O)OCC[N+](C)(C)C. The summed E-state index contributed by atoms with van der Waals surface area (Å²) in [7, 11) is 1.50. The topological polar surface area (TPSA) is 108 Å². The summed E-state index contributed by atoms with van der Waals surface area (Å²) < 4.78 is 34.8. The second-order valence-electron chi connectivity index (χ2n) is 28.8. The Morgan fingerprint density at radius 3 is 0.895 bits per heavy atom. The van der Waals surface area contributed by atoms with Crippen LogP contribution in [0.3, 0.4) is 0 Å².